The van der Waals surface area contributed by atoms with E-state index in [1.54, 1.807) is 18.2 Å². The van der Waals surface area contributed by atoms with Crippen molar-refractivity contribution in [2.24, 2.45) is 9.98 Å². The molecule has 0 aliphatic heterocycles. The Kier molecular flexibility index (Phi) is 9.03. The van der Waals surface area contributed by atoms with Gasteiger partial charge >= 0.3 is 0 Å². The SMILES string of the molecule is C=N/C=N\C=C(/C)C(C(=O)NC1CCC(F)(F)CC1)N(C(=O)C(F)Cl)c1ccc(-c2ccno2)cc1. The van der Waals surface area contributed by atoms with Crippen LogP contribution in [0.5, 0.6) is 0 Å². The fourth-order valence-electron chi connectivity index (χ4n) is 3.92. The Morgan fingerprint density at radius 3 is 2.50 bits per heavy atom. The first-order valence-electron chi connectivity index (χ1n) is 11.1. The largest absolute Gasteiger partial charge is 0.356 e. The number of carbonyl (C=O) groups excluding carboxylic acids is 2. The Balaban J connectivity index is 1.98. The van der Waals surface area contributed by atoms with Crippen LogP contribution in [-0.4, -0.2) is 53.7 Å². The summed E-state index contributed by atoms with van der Waals surface area (Å²) in [6, 6.07) is 5.93. The van der Waals surface area contributed by atoms with Crippen LogP contribution in [0.25, 0.3) is 11.3 Å². The zero-order chi connectivity index (χ0) is 26.3. The summed E-state index contributed by atoms with van der Waals surface area (Å²) in [5.74, 6) is -4.19. The molecule has 1 heterocycles. The average molecular weight is 524 g/mol. The third kappa shape index (κ3) is 6.81. The number of aromatic nitrogens is 1. The highest BCUT2D eigenvalue weighted by molar-refractivity contribution is 6.32. The molecule has 0 spiro atoms. The van der Waals surface area contributed by atoms with Gasteiger partial charge in [-0.25, -0.2) is 18.2 Å². The normalized spacial score (nSPS) is 18.0. The third-order valence-corrected chi connectivity index (χ3v) is 5.91. The third-order valence-electron chi connectivity index (χ3n) is 5.72. The van der Waals surface area contributed by atoms with E-state index in [0.717, 1.165) is 11.2 Å². The zero-order valence-corrected chi connectivity index (χ0v) is 20.2. The van der Waals surface area contributed by atoms with E-state index in [1.807, 2.05) is 0 Å². The molecular weight excluding hydrogens is 499 g/mol. The molecule has 3 rings (SSSR count). The number of hydrogen-bond acceptors (Lipinski definition) is 5. The Labute approximate surface area is 210 Å². The summed E-state index contributed by atoms with van der Waals surface area (Å²) in [6.45, 7) is 4.80. The molecule has 1 aliphatic rings. The van der Waals surface area contributed by atoms with Crippen LogP contribution < -0.4 is 10.2 Å². The van der Waals surface area contributed by atoms with Crippen molar-refractivity contribution in [1.82, 2.24) is 10.5 Å². The Morgan fingerprint density at radius 2 is 1.94 bits per heavy atom. The molecule has 1 aliphatic carbocycles. The molecule has 1 aromatic heterocycles. The summed E-state index contributed by atoms with van der Waals surface area (Å²) in [5, 5.41) is 6.37. The van der Waals surface area contributed by atoms with Gasteiger partial charge in [-0.1, -0.05) is 16.8 Å². The second kappa shape index (κ2) is 12.0. The van der Waals surface area contributed by atoms with E-state index in [4.69, 9.17) is 16.1 Å². The predicted molar refractivity (Wildman–Crippen MR) is 131 cm³/mol. The number of nitrogens with one attached hydrogen (secondary N) is 1. The van der Waals surface area contributed by atoms with Crippen molar-refractivity contribution in [3.05, 3.63) is 48.3 Å². The minimum atomic E-state index is -2.78. The van der Waals surface area contributed by atoms with Crippen LogP contribution in [0.15, 0.2) is 62.8 Å². The number of carbonyl (C=O) groups is 2. The summed E-state index contributed by atoms with van der Waals surface area (Å²) in [4.78, 5) is 34.7. The lowest BCUT2D eigenvalue weighted by Gasteiger charge is -2.34. The second-order valence-electron chi connectivity index (χ2n) is 8.29. The van der Waals surface area contributed by atoms with Crippen molar-refractivity contribution in [2.45, 2.75) is 56.2 Å². The van der Waals surface area contributed by atoms with Gasteiger partial charge in [0.05, 0.1) is 6.20 Å². The molecule has 0 bridgehead atoms. The van der Waals surface area contributed by atoms with Gasteiger partial charge in [-0.2, -0.15) is 0 Å². The highest BCUT2D eigenvalue weighted by Gasteiger charge is 2.39. The number of anilines is 1. The lowest BCUT2D eigenvalue weighted by Crippen LogP contribution is -2.54. The van der Waals surface area contributed by atoms with Crippen molar-refractivity contribution in [3.8, 4) is 11.3 Å². The Morgan fingerprint density at radius 1 is 1.28 bits per heavy atom. The summed E-state index contributed by atoms with van der Waals surface area (Å²) in [7, 11) is 0. The van der Waals surface area contributed by atoms with Gasteiger partial charge in [0.1, 0.15) is 12.4 Å². The summed E-state index contributed by atoms with van der Waals surface area (Å²) < 4.78 is 46.4. The fourth-order valence-corrected chi connectivity index (χ4v) is 4.03. The standard InChI is InChI=1S/C24H25ClF3N5O3/c1-15(13-30-14-29-2)20(22(34)32-17-7-10-24(27,28)11-8-17)33(23(35)21(25)26)18-5-3-16(4-6-18)19-9-12-31-36-19/h3-6,9,12-14,17,20-21H,2,7-8,10-11H2,1H3,(H,32,34)/b15-13+,30-14-. The van der Waals surface area contributed by atoms with Gasteiger partial charge in [0, 0.05) is 42.4 Å². The number of rotatable bonds is 9. The molecule has 2 aromatic rings. The van der Waals surface area contributed by atoms with Crippen molar-refractivity contribution in [3.63, 3.8) is 0 Å². The maximum absolute atomic E-state index is 14.1. The molecule has 1 N–H and O–H groups in total. The van der Waals surface area contributed by atoms with E-state index < -0.39 is 35.5 Å². The highest BCUT2D eigenvalue weighted by atomic mass is 35.5. The van der Waals surface area contributed by atoms with E-state index in [2.05, 4.69) is 27.2 Å². The van der Waals surface area contributed by atoms with Crippen molar-refractivity contribution in [2.75, 3.05) is 4.90 Å². The van der Waals surface area contributed by atoms with Gasteiger partial charge in [-0.15, -0.1) is 0 Å². The maximum atomic E-state index is 14.1. The number of amides is 2. The predicted octanol–water partition coefficient (Wildman–Crippen LogP) is 4.90. The average Bonchev–Trinajstić information content (AvgIpc) is 3.38. The van der Waals surface area contributed by atoms with Gasteiger partial charge in [0.25, 0.3) is 11.5 Å². The first kappa shape index (κ1) is 27.1. The van der Waals surface area contributed by atoms with Crippen LogP contribution in [0.2, 0.25) is 0 Å². The van der Waals surface area contributed by atoms with E-state index in [0.29, 0.717) is 11.3 Å². The molecule has 2 unspecified atom stereocenters. The van der Waals surface area contributed by atoms with Gasteiger partial charge in [-0.3, -0.25) is 19.5 Å². The number of nitrogens with zero attached hydrogens (tertiary/aromatic N) is 4. The molecule has 2 atom stereocenters. The minimum Gasteiger partial charge on any atom is -0.356 e. The molecule has 192 valence electrons. The van der Waals surface area contributed by atoms with E-state index in [-0.39, 0.29) is 36.9 Å². The van der Waals surface area contributed by atoms with Crippen LogP contribution in [0.3, 0.4) is 0 Å². The number of aliphatic imine (C=N–C) groups is 2. The quantitative estimate of drug-likeness (QED) is 0.287. The number of halogens is 4. The molecule has 1 saturated carbocycles. The molecule has 0 saturated heterocycles. The van der Waals surface area contributed by atoms with Crippen molar-refractivity contribution in [1.29, 1.82) is 0 Å². The van der Waals surface area contributed by atoms with Crippen LogP contribution >= 0.6 is 11.6 Å². The molecule has 1 aromatic carbocycles. The lowest BCUT2D eigenvalue weighted by atomic mass is 9.91. The lowest BCUT2D eigenvalue weighted by molar-refractivity contribution is -0.127. The van der Waals surface area contributed by atoms with Crippen LogP contribution in [0.1, 0.15) is 32.6 Å². The smallest absolute Gasteiger partial charge is 0.278 e. The van der Waals surface area contributed by atoms with E-state index in [1.165, 1.54) is 31.5 Å². The topological polar surface area (TPSA) is 100 Å². The van der Waals surface area contributed by atoms with Crippen LogP contribution in [0, 0.1) is 0 Å². The van der Waals surface area contributed by atoms with Crippen LogP contribution in [0.4, 0.5) is 18.9 Å². The van der Waals surface area contributed by atoms with Crippen LogP contribution in [-0.2, 0) is 9.59 Å². The van der Waals surface area contributed by atoms with Crippen molar-refractivity contribution < 1.29 is 27.3 Å². The number of alkyl halides is 4. The summed E-state index contributed by atoms with van der Waals surface area (Å²) in [6.07, 6.45) is 3.26. The molecule has 36 heavy (non-hydrogen) atoms. The highest BCUT2D eigenvalue weighted by Crippen LogP contribution is 2.33. The minimum absolute atomic E-state index is 0.0633. The maximum Gasteiger partial charge on any atom is 0.278 e. The summed E-state index contributed by atoms with van der Waals surface area (Å²) >= 11 is 5.52. The number of benzene rings is 1. The molecule has 8 nitrogen and oxygen atoms in total. The van der Waals surface area contributed by atoms with Gasteiger partial charge in [0.2, 0.25) is 11.8 Å². The van der Waals surface area contributed by atoms with Gasteiger partial charge in [0.15, 0.2) is 5.76 Å². The fraction of sp³-hybridized carbons (Fsp3) is 0.375. The second-order valence-corrected chi connectivity index (χ2v) is 8.68. The Bertz CT molecular complexity index is 1110. The molecular formula is C24H25ClF3N5O3. The summed E-state index contributed by atoms with van der Waals surface area (Å²) in [5.41, 5.74) is -1.41. The van der Waals surface area contributed by atoms with Gasteiger partial charge < -0.3 is 9.84 Å². The Hall–Kier alpha value is -3.47. The molecule has 2 amide bonds. The first-order chi connectivity index (χ1) is 17.1. The zero-order valence-electron chi connectivity index (χ0n) is 19.4. The van der Waals surface area contributed by atoms with Crippen molar-refractivity contribution >= 4 is 42.2 Å². The molecule has 12 heteroatoms. The molecule has 1 fully saturated rings. The number of hydrogen-bond donors (Lipinski definition) is 1. The molecule has 0 radical (unpaired) electrons. The first-order valence-corrected chi connectivity index (χ1v) is 11.5. The van der Waals surface area contributed by atoms with E-state index >= 15 is 0 Å². The van der Waals surface area contributed by atoms with Gasteiger partial charge in [-0.05, 0) is 56.3 Å². The monoisotopic (exact) mass is 523 g/mol. The van der Waals surface area contributed by atoms with E-state index in [9.17, 15) is 22.8 Å².